The Balaban J connectivity index is 1.49. The molecule has 0 saturated heterocycles. The van der Waals surface area contributed by atoms with Crippen LogP contribution in [0.3, 0.4) is 0 Å². The molecule has 0 bridgehead atoms. The highest BCUT2D eigenvalue weighted by molar-refractivity contribution is 5.97. The van der Waals surface area contributed by atoms with E-state index in [0.29, 0.717) is 12.2 Å². The largest absolute Gasteiger partial charge is 0.496 e. The topological polar surface area (TPSA) is 71.4 Å². The van der Waals surface area contributed by atoms with Crippen LogP contribution in [0.15, 0.2) is 71.8 Å². The standard InChI is InChI=1S/C28H33N5O/c1-7-20-13-23-24(30-17-31-25(23)15-26(20)34-6)12-19-9-8-10-22(11-19)32-18(2)33-27-14-21(16-29-27)28(3,4)5/h8-11,13-15,17,32H,2,7,12,16H2,1,3-6H3,(H,29,33). The van der Waals surface area contributed by atoms with Crippen molar-refractivity contribution in [2.24, 2.45) is 10.4 Å². The number of ether oxygens (including phenoxy) is 1. The van der Waals surface area contributed by atoms with Gasteiger partial charge in [0.1, 0.15) is 23.7 Å². The molecule has 0 saturated carbocycles. The number of aryl methyl sites for hydroxylation is 1. The molecule has 2 heterocycles. The molecule has 0 aliphatic carbocycles. The Hall–Kier alpha value is -3.67. The Labute approximate surface area is 201 Å². The van der Waals surface area contributed by atoms with Crippen molar-refractivity contribution in [2.45, 2.75) is 40.5 Å². The van der Waals surface area contributed by atoms with E-state index in [2.05, 4.69) is 84.1 Å². The number of anilines is 1. The third-order valence-electron chi connectivity index (χ3n) is 6.07. The molecule has 0 fully saturated rings. The molecule has 0 spiro atoms. The van der Waals surface area contributed by atoms with E-state index in [9.17, 15) is 0 Å². The first kappa shape index (κ1) is 23.5. The van der Waals surface area contributed by atoms with Gasteiger partial charge in [-0.1, -0.05) is 46.4 Å². The molecule has 0 unspecified atom stereocenters. The maximum absolute atomic E-state index is 5.53. The number of methoxy groups -OCH3 is 1. The molecule has 176 valence electrons. The van der Waals surface area contributed by atoms with E-state index >= 15 is 0 Å². The van der Waals surface area contributed by atoms with Crippen molar-refractivity contribution in [3.05, 3.63) is 83.6 Å². The van der Waals surface area contributed by atoms with Gasteiger partial charge in [-0.2, -0.15) is 0 Å². The molecule has 0 radical (unpaired) electrons. The monoisotopic (exact) mass is 455 g/mol. The van der Waals surface area contributed by atoms with Crippen molar-refractivity contribution in [1.29, 1.82) is 0 Å². The second-order valence-electron chi connectivity index (χ2n) is 9.58. The lowest BCUT2D eigenvalue weighted by Crippen LogP contribution is -2.24. The number of nitrogens with one attached hydrogen (secondary N) is 2. The Kier molecular flexibility index (Phi) is 6.68. The predicted molar refractivity (Wildman–Crippen MR) is 140 cm³/mol. The van der Waals surface area contributed by atoms with E-state index in [1.54, 1.807) is 13.4 Å². The molecule has 4 rings (SSSR count). The lowest BCUT2D eigenvalue weighted by Gasteiger charge is -2.18. The summed E-state index contributed by atoms with van der Waals surface area (Å²) in [6.45, 7) is 13.6. The summed E-state index contributed by atoms with van der Waals surface area (Å²) in [7, 11) is 1.70. The van der Waals surface area contributed by atoms with E-state index < -0.39 is 0 Å². The highest BCUT2D eigenvalue weighted by atomic mass is 16.5. The third kappa shape index (κ3) is 5.28. The fourth-order valence-electron chi connectivity index (χ4n) is 4.06. The molecule has 34 heavy (non-hydrogen) atoms. The molecule has 1 aliphatic heterocycles. The van der Waals surface area contributed by atoms with Crippen molar-refractivity contribution in [1.82, 2.24) is 15.3 Å². The van der Waals surface area contributed by atoms with Crippen LogP contribution < -0.4 is 15.4 Å². The van der Waals surface area contributed by atoms with Crippen molar-refractivity contribution >= 4 is 22.4 Å². The van der Waals surface area contributed by atoms with Gasteiger partial charge in [0.15, 0.2) is 0 Å². The second-order valence-corrected chi connectivity index (χ2v) is 9.58. The number of aromatic nitrogens is 2. The summed E-state index contributed by atoms with van der Waals surface area (Å²) >= 11 is 0. The van der Waals surface area contributed by atoms with Gasteiger partial charge in [0, 0.05) is 23.6 Å². The number of nitrogens with zero attached hydrogens (tertiary/aromatic N) is 3. The van der Waals surface area contributed by atoms with Crippen molar-refractivity contribution < 1.29 is 4.74 Å². The minimum Gasteiger partial charge on any atom is -0.496 e. The molecule has 1 aromatic heterocycles. The van der Waals surface area contributed by atoms with E-state index in [-0.39, 0.29) is 5.41 Å². The summed E-state index contributed by atoms with van der Waals surface area (Å²) in [4.78, 5) is 13.6. The number of hydrogen-bond donors (Lipinski definition) is 2. The normalized spacial score (nSPS) is 13.4. The van der Waals surface area contributed by atoms with E-state index in [1.807, 2.05) is 18.2 Å². The SMILES string of the molecule is C=C(NC1=NCC(C(C)(C)C)=C1)Nc1cccc(Cc2ncnc3cc(OC)c(CC)cc23)c1. The summed E-state index contributed by atoms with van der Waals surface area (Å²) in [6.07, 6.45) is 5.33. The summed E-state index contributed by atoms with van der Waals surface area (Å²) in [6, 6.07) is 12.5. The quantitative estimate of drug-likeness (QED) is 0.482. The Morgan fingerprint density at radius 2 is 1.94 bits per heavy atom. The van der Waals surface area contributed by atoms with Gasteiger partial charge < -0.3 is 15.4 Å². The highest BCUT2D eigenvalue weighted by Gasteiger charge is 2.21. The van der Waals surface area contributed by atoms with Gasteiger partial charge in [0.25, 0.3) is 0 Å². The van der Waals surface area contributed by atoms with Crippen LogP contribution in [0, 0.1) is 5.41 Å². The van der Waals surface area contributed by atoms with E-state index in [1.165, 1.54) is 5.57 Å². The zero-order valence-electron chi connectivity index (χ0n) is 20.7. The molecular weight excluding hydrogens is 422 g/mol. The number of hydrogen-bond acceptors (Lipinski definition) is 6. The molecule has 3 aromatic rings. The van der Waals surface area contributed by atoms with E-state index in [0.717, 1.165) is 58.0 Å². The minimum absolute atomic E-state index is 0.115. The first-order valence-corrected chi connectivity index (χ1v) is 11.6. The average Bonchev–Trinajstić information content (AvgIpc) is 3.27. The van der Waals surface area contributed by atoms with Crippen LogP contribution in [-0.2, 0) is 12.8 Å². The van der Waals surface area contributed by atoms with Crippen molar-refractivity contribution in [3.8, 4) is 5.75 Å². The highest BCUT2D eigenvalue weighted by Crippen LogP contribution is 2.29. The van der Waals surface area contributed by atoms with Gasteiger partial charge in [-0.05, 0) is 52.8 Å². The Morgan fingerprint density at radius 1 is 1.12 bits per heavy atom. The Morgan fingerprint density at radius 3 is 2.65 bits per heavy atom. The smallest absolute Gasteiger partial charge is 0.126 e. The zero-order valence-corrected chi connectivity index (χ0v) is 20.7. The average molecular weight is 456 g/mol. The van der Waals surface area contributed by atoms with Crippen molar-refractivity contribution in [2.75, 3.05) is 19.0 Å². The summed E-state index contributed by atoms with van der Waals surface area (Å²) in [5.74, 6) is 2.40. The number of rotatable bonds is 7. The van der Waals surface area contributed by atoms with Gasteiger partial charge in [-0.25, -0.2) is 9.97 Å². The molecule has 0 amide bonds. The summed E-state index contributed by atoms with van der Waals surface area (Å²) in [5, 5.41) is 7.70. The van der Waals surface area contributed by atoms with E-state index in [4.69, 9.17) is 4.74 Å². The first-order chi connectivity index (χ1) is 16.3. The molecule has 2 N–H and O–H groups in total. The molecule has 2 aromatic carbocycles. The molecule has 1 aliphatic rings. The number of aliphatic imine (C=N–C) groups is 1. The van der Waals surface area contributed by atoms with Crippen LogP contribution in [-0.4, -0.2) is 29.5 Å². The molecular formula is C28H33N5O. The third-order valence-corrected chi connectivity index (χ3v) is 6.07. The number of benzene rings is 2. The van der Waals surface area contributed by atoms with Crippen molar-refractivity contribution in [3.63, 3.8) is 0 Å². The molecule has 0 atom stereocenters. The maximum atomic E-state index is 5.53. The lowest BCUT2D eigenvalue weighted by atomic mass is 9.87. The van der Waals surface area contributed by atoms with Crippen LogP contribution in [0.2, 0.25) is 0 Å². The number of amidine groups is 1. The van der Waals surface area contributed by atoms with Gasteiger partial charge in [0.2, 0.25) is 0 Å². The van der Waals surface area contributed by atoms with Crippen LogP contribution in [0.5, 0.6) is 5.75 Å². The summed E-state index contributed by atoms with van der Waals surface area (Å²) in [5.41, 5.74) is 6.59. The minimum atomic E-state index is 0.115. The van der Waals surface area contributed by atoms with Crippen LogP contribution in [0.25, 0.3) is 10.9 Å². The van der Waals surface area contributed by atoms with Gasteiger partial charge in [-0.15, -0.1) is 0 Å². The molecule has 6 nitrogen and oxygen atoms in total. The Bertz CT molecular complexity index is 1280. The fraction of sp³-hybridized carbons (Fsp3) is 0.321. The number of fused-ring (bicyclic) bond motifs is 1. The first-order valence-electron chi connectivity index (χ1n) is 11.6. The van der Waals surface area contributed by atoms with Crippen LogP contribution in [0.4, 0.5) is 5.69 Å². The van der Waals surface area contributed by atoms with Gasteiger partial charge in [0.05, 0.1) is 24.9 Å². The molecule has 6 heteroatoms. The second kappa shape index (κ2) is 9.67. The van der Waals surface area contributed by atoms with Gasteiger partial charge in [-0.3, -0.25) is 4.99 Å². The lowest BCUT2D eigenvalue weighted by molar-refractivity contribution is 0.410. The van der Waals surface area contributed by atoms with Crippen LogP contribution in [0.1, 0.15) is 44.5 Å². The fourth-order valence-corrected chi connectivity index (χ4v) is 4.06. The van der Waals surface area contributed by atoms with Gasteiger partial charge >= 0.3 is 0 Å². The van der Waals surface area contributed by atoms with Crippen LogP contribution >= 0.6 is 0 Å². The summed E-state index contributed by atoms with van der Waals surface area (Å²) < 4.78 is 5.53. The maximum Gasteiger partial charge on any atom is 0.126 e. The zero-order chi connectivity index (χ0) is 24.3. The predicted octanol–water partition coefficient (Wildman–Crippen LogP) is 5.65.